The highest BCUT2D eigenvalue weighted by Crippen LogP contribution is 2.15. The molecule has 2 nitrogen and oxygen atoms in total. The van der Waals surface area contributed by atoms with Gasteiger partial charge in [-0.2, -0.15) is 0 Å². The third-order valence-electron chi connectivity index (χ3n) is 2.91. The second-order valence-electron chi connectivity index (χ2n) is 4.15. The zero-order valence-electron chi connectivity index (χ0n) is 9.04. The van der Waals surface area contributed by atoms with Gasteiger partial charge < -0.3 is 5.32 Å². The Kier molecular flexibility index (Phi) is 3.78. The number of piperazine rings is 1. The predicted octanol–water partition coefficient (Wildman–Crippen LogP) is 2.24. The average Bonchev–Trinajstić information content (AvgIpc) is 2.22. The van der Waals surface area contributed by atoms with E-state index in [-0.39, 0.29) is 0 Å². The van der Waals surface area contributed by atoms with Crippen molar-refractivity contribution in [2.45, 2.75) is 19.5 Å². The van der Waals surface area contributed by atoms with Crippen molar-refractivity contribution in [3.63, 3.8) is 0 Å². The van der Waals surface area contributed by atoms with Crippen LogP contribution < -0.4 is 5.32 Å². The molecule has 15 heavy (non-hydrogen) atoms. The summed E-state index contributed by atoms with van der Waals surface area (Å²) in [5, 5.41) is 3.41. The molecule has 1 saturated heterocycles. The van der Waals surface area contributed by atoms with Gasteiger partial charge in [-0.25, -0.2) is 0 Å². The molecule has 1 aliphatic rings. The molecule has 0 aromatic heterocycles. The molecule has 82 valence electrons. The molecule has 3 heteroatoms. The van der Waals surface area contributed by atoms with Gasteiger partial charge in [0.2, 0.25) is 0 Å². The van der Waals surface area contributed by atoms with Crippen LogP contribution in [-0.4, -0.2) is 30.6 Å². The Balaban J connectivity index is 2.01. The van der Waals surface area contributed by atoms with Crippen LogP contribution in [0.15, 0.2) is 28.7 Å². The van der Waals surface area contributed by atoms with Crippen LogP contribution in [0.3, 0.4) is 0 Å². The maximum absolute atomic E-state index is 3.51. The second-order valence-corrected chi connectivity index (χ2v) is 5.07. The lowest BCUT2D eigenvalue weighted by molar-refractivity contribution is 0.165. The van der Waals surface area contributed by atoms with Crippen molar-refractivity contribution >= 4 is 15.9 Å². The van der Waals surface area contributed by atoms with E-state index in [1.807, 2.05) is 0 Å². The predicted molar refractivity (Wildman–Crippen MR) is 66.9 cm³/mol. The van der Waals surface area contributed by atoms with E-state index >= 15 is 0 Å². The van der Waals surface area contributed by atoms with Gasteiger partial charge in [0.05, 0.1) is 0 Å². The molecule has 0 unspecified atom stereocenters. The number of rotatable bonds is 2. The van der Waals surface area contributed by atoms with E-state index in [9.17, 15) is 0 Å². The summed E-state index contributed by atoms with van der Waals surface area (Å²) in [7, 11) is 0. The first-order valence-corrected chi connectivity index (χ1v) is 6.24. The van der Waals surface area contributed by atoms with Crippen molar-refractivity contribution in [2.24, 2.45) is 0 Å². The van der Waals surface area contributed by atoms with Crippen molar-refractivity contribution in [3.05, 3.63) is 34.3 Å². The Morgan fingerprint density at radius 1 is 1.53 bits per heavy atom. The van der Waals surface area contributed by atoms with Crippen molar-refractivity contribution in [2.75, 3.05) is 19.6 Å². The van der Waals surface area contributed by atoms with E-state index in [1.54, 1.807) is 0 Å². The summed E-state index contributed by atoms with van der Waals surface area (Å²) in [6.45, 7) is 6.70. The Morgan fingerprint density at radius 3 is 3.13 bits per heavy atom. The summed E-state index contributed by atoms with van der Waals surface area (Å²) in [6, 6.07) is 9.21. The Morgan fingerprint density at radius 2 is 2.40 bits per heavy atom. The number of benzene rings is 1. The summed E-state index contributed by atoms with van der Waals surface area (Å²) in [4.78, 5) is 2.53. The van der Waals surface area contributed by atoms with Crippen molar-refractivity contribution < 1.29 is 0 Å². The molecule has 0 spiro atoms. The minimum Gasteiger partial charge on any atom is -0.314 e. The zero-order valence-corrected chi connectivity index (χ0v) is 10.6. The molecule has 1 atom stereocenters. The smallest absolute Gasteiger partial charge is 0.0238 e. The van der Waals surface area contributed by atoms with E-state index in [0.29, 0.717) is 6.04 Å². The van der Waals surface area contributed by atoms with Gasteiger partial charge in [-0.1, -0.05) is 28.1 Å². The van der Waals surface area contributed by atoms with Crippen LogP contribution in [0.4, 0.5) is 0 Å². The first-order valence-electron chi connectivity index (χ1n) is 5.45. The lowest BCUT2D eigenvalue weighted by Crippen LogP contribution is -2.49. The van der Waals surface area contributed by atoms with Crippen LogP contribution in [0.25, 0.3) is 0 Å². The normalized spacial score (nSPS) is 22.9. The third-order valence-corrected chi connectivity index (χ3v) is 3.41. The van der Waals surface area contributed by atoms with Gasteiger partial charge in [-0.15, -0.1) is 0 Å². The SMILES string of the molecule is C[C@@H]1CNCCN1Cc1cccc(Br)c1. The molecule has 0 amide bonds. The second kappa shape index (κ2) is 5.10. The molecular formula is C12H17BrN2. The molecule has 0 radical (unpaired) electrons. The number of nitrogens with one attached hydrogen (secondary N) is 1. The lowest BCUT2D eigenvalue weighted by atomic mass is 10.1. The molecule has 1 aromatic carbocycles. The molecule has 1 aliphatic heterocycles. The first kappa shape index (κ1) is 11.1. The van der Waals surface area contributed by atoms with Gasteiger partial charge in [0, 0.05) is 36.7 Å². The fraction of sp³-hybridized carbons (Fsp3) is 0.500. The maximum Gasteiger partial charge on any atom is 0.0238 e. The fourth-order valence-electron chi connectivity index (χ4n) is 1.99. The molecular weight excluding hydrogens is 252 g/mol. The first-order chi connectivity index (χ1) is 7.25. The quantitative estimate of drug-likeness (QED) is 0.885. The highest BCUT2D eigenvalue weighted by atomic mass is 79.9. The van der Waals surface area contributed by atoms with E-state index in [1.165, 1.54) is 10.0 Å². The summed E-state index contributed by atoms with van der Waals surface area (Å²) in [6.07, 6.45) is 0. The highest BCUT2D eigenvalue weighted by Gasteiger charge is 2.17. The minimum atomic E-state index is 0.637. The summed E-state index contributed by atoms with van der Waals surface area (Å²) < 4.78 is 1.17. The van der Waals surface area contributed by atoms with E-state index in [2.05, 4.69) is 57.3 Å². The van der Waals surface area contributed by atoms with Gasteiger partial charge in [-0.05, 0) is 24.6 Å². The fourth-order valence-corrected chi connectivity index (χ4v) is 2.43. The Bertz CT molecular complexity index is 327. The number of nitrogens with zero attached hydrogens (tertiary/aromatic N) is 1. The van der Waals surface area contributed by atoms with Crippen LogP contribution in [0.1, 0.15) is 12.5 Å². The number of hydrogen-bond acceptors (Lipinski definition) is 2. The van der Waals surface area contributed by atoms with Crippen LogP contribution in [-0.2, 0) is 6.54 Å². The molecule has 1 heterocycles. The van der Waals surface area contributed by atoms with Crippen LogP contribution >= 0.6 is 15.9 Å². The average molecular weight is 269 g/mol. The van der Waals surface area contributed by atoms with Gasteiger partial charge in [0.25, 0.3) is 0 Å². The van der Waals surface area contributed by atoms with Crippen molar-refractivity contribution in [1.29, 1.82) is 0 Å². The molecule has 0 aliphatic carbocycles. The monoisotopic (exact) mass is 268 g/mol. The topological polar surface area (TPSA) is 15.3 Å². The molecule has 1 N–H and O–H groups in total. The van der Waals surface area contributed by atoms with Crippen molar-refractivity contribution in [3.8, 4) is 0 Å². The molecule has 1 fully saturated rings. The highest BCUT2D eigenvalue weighted by molar-refractivity contribution is 9.10. The van der Waals surface area contributed by atoms with Crippen LogP contribution in [0.5, 0.6) is 0 Å². The van der Waals surface area contributed by atoms with Gasteiger partial charge in [-0.3, -0.25) is 4.90 Å². The maximum atomic E-state index is 3.51. The van der Waals surface area contributed by atoms with Crippen LogP contribution in [0.2, 0.25) is 0 Å². The molecule has 1 aromatic rings. The largest absolute Gasteiger partial charge is 0.314 e. The van der Waals surface area contributed by atoms with E-state index in [4.69, 9.17) is 0 Å². The lowest BCUT2D eigenvalue weighted by Gasteiger charge is -2.33. The van der Waals surface area contributed by atoms with Gasteiger partial charge in [0.1, 0.15) is 0 Å². The number of halogens is 1. The van der Waals surface area contributed by atoms with E-state index < -0.39 is 0 Å². The molecule has 2 rings (SSSR count). The van der Waals surface area contributed by atoms with Gasteiger partial charge in [0.15, 0.2) is 0 Å². The third kappa shape index (κ3) is 3.03. The zero-order chi connectivity index (χ0) is 10.7. The molecule has 0 bridgehead atoms. The Labute approximate surface area is 99.8 Å². The van der Waals surface area contributed by atoms with E-state index in [0.717, 1.165) is 26.2 Å². The minimum absolute atomic E-state index is 0.637. The standard InChI is InChI=1S/C12H17BrN2/c1-10-8-14-5-6-15(10)9-11-3-2-4-12(13)7-11/h2-4,7,10,14H,5-6,8-9H2,1H3/t10-/m1/s1. The van der Waals surface area contributed by atoms with Gasteiger partial charge >= 0.3 is 0 Å². The Hall–Kier alpha value is -0.380. The summed E-state index contributed by atoms with van der Waals surface area (Å²) in [5.74, 6) is 0. The van der Waals surface area contributed by atoms with Crippen LogP contribution in [0, 0.1) is 0 Å². The summed E-state index contributed by atoms with van der Waals surface area (Å²) >= 11 is 3.51. The number of hydrogen-bond donors (Lipinski definition) is 1. The summed E-state index contributed by atoms with van der Waals surface area (Å²) in [5.41, 5.74) is 1.39. The molecule has 0 saturated carbocycles. The van der Waals surface area contributed by atoms with Crippen molar-refractivity contribution in [1.82, 2.24) is 10.2 Å².